The molecule has 0 amide bonds. The number of alkyl halides is 1. The number of hydrogen-bond acceptors (Lipinski definition) is 4. The SMILES string of the molecule is Cc1nc(Br)c([N+](=O)[O-])n1CC(O)CCl. The number of rotatable bonds is 4. The Labute approximate surface area is 99.1 Å². The van der Waals surface area contributed by atoms with Crippen molar-refractivity contribution >= 4 is 33.3 Å². The molecule has 0 saturated carbocycles. The summed E-state index contributed by atoms with van der Waals surface area (Å²) >= 11 is 8.42. The number of nitro groups is 1. The molecule has 1 N–H and O–H groups in total. The van der Waals surface area contributed by atoms with Crippen molar-refractivity contribution in [2.75, 3.05) is 5.88 Å². The highest BCUT2D eigenvalue weighted by Gasteiger charge is 2.25. The number of aromatic nitrogens is 2. The van der Waals surface area contributed by atoms with E-state index in [4.69, 9.17) is 11.6 Å². The number of aryl methyl sites for hydroxylation is 1. The second kappa shape index (κ2) is 4.91. The molecule has 1 rings (SSSR count). The van der Waals surface area contributed by atoms with E-state index < -0.39 is 11.0 Å². The average Bonchev–Trinajstić information content (AvgIpc) is 2.41. The Morgan fingerprint density at radius 2 is 2.40 bits per heavy atom. The minimum absolute atomic E-state index is 0.0202. The van der Waals surface area contributed by atoms with Crippen molar-refractivity contribution in [3.63, 3.8) is 0 Å². The van der Waals surface area contributed by atoms with E-state index in [0.717, 1.165) is 0 Å². The van der Waals surface area contributed by atoms with Crippen LogP contribution in [0.3, 0.4) is 0 Å². The van der Waals surface area contributed by atoms with Gasteiger partial charge in [-0.25, -0.2) is 4.57 Å². The summed E-state index contributed by atoms with van der Waals surface area (Å²) in [5.74, 6) is 0.307. The predicted molar refractivity (Wildman–Crippen MR) is 58.0 cm³/mol. The van der Waals surface area contributed by atoms with Crippen LogP contribution in [0.4, 0.5) is 5.82 Å². The standard InChI is InChI=1S/C7H9BrClN3O3/c1-4-10-6(8)7(12(14)15)11(4)3-5(13)2-9/h5,13H,2-3H2,1H3. The van der Waals surface area contributed by atoms with Crippen LogP contribution in [-0.4, -0.2) is 31.6 Å². The van der Waals surface area contributed by atoms with E-state index in [1.807, 2.05) is 0 Å². The summed E-state index contributed by atoms with van der Waals surface area (Å²) in [4.78, 5) is 14.1. The maximum absolute atomic E-state index is 10.7. The Morgan fingerprint density at radius 1 is 1.80 bits per heavy atom. The van der Waals surface area contributed by atoms with E-state index in [1.54, 1.807) is 6.92 Å². The molecule has 0 aliphatic carbocycles. The molecule has 1 aromatic heterocycles. The zero-order valence-electron chi connectivity index (χ0n) is 7.85. The van der Waals surface area contributed by atoms with Gasteiger partial charge < -0.3 is 15.2 Å². The van der Waals surface area contributed by atoms with Crippen molar-refractivity contribution in [2.45, 2.75) is 19.6 Å². The summed E-state index contributed by atoms with van der Waals surface area (Å²) in [5, 5.41) is 20.1. The lowest BCUT2D eigenvalue weighted by Gasteiger charge is -2.06. The molecule has 1 aromatic rings. The van der Waals surface area contributed by atoms with Gasteiger partial charge in [-0.15, -0.1) is 11.6 Å². The number of aliphatic hydroxyl groups is 1. The van der Waals surface area contributed by atoms with Crippen LogP contribution < -0.4 is 0 Å². The molecule has 0 aromatic carbocycles. The molecule has 1 heterocycles. The highest BCUT2D eigenvalue weighted by molar-refractivity contribution is 9.10. The average molecular weight is 299 g/mol. The lowest BCUT2D eigenvalue weighted by molar-refractivity contribution is -0.393. The molecule has 1 unspecified atom stereocenters. The molecule has 0 spiro atoms. The van der Waals surface area contributed by atoms with E-state index in [1.165, 1.54) is 4.57 Å². The molecule has 8 heteroatoms. The van der Waals surface area contributed by atoms with Crippen LogP contribution in [-0.2, 0) is 6.54 Å². The van der Waals surface area contributed by atoms with Gasteiger partial charge in [0, 0.05) is 6.92 Å². The third-order valence-corrected chi connectivity index (χ3v) is 2.72. The number of hydrogen-bond donors (Lipinski definition) is 1. The van der Waals surface area contributed by atoms with Gasteiger partial charge >= 0.3 is 5.82 Å². The van der Waals surface area contributed by atoms with Gasteiger partial charge in [-0.3, -0.25) is 0 Å². The Morgan fingerprint density at radius 3 is 2.87 bits per heavy atom. The van der Waals surface area contributed by atoms with E-state index in [2.05, 4.69) is 20.9 Å². The highest BCUT2D eigenvalue weighted by atomic mass is 79.9. The largest absolute Gasteiger partial charge is 0.388 e. The number of halogens is 2. The fraction of sp³-hybridized carbons (Fsp3) is 0.571. The molecule has 1 atom stereocenters. The zero-order valence-corrected chi connectivity index (χ0v) is 10.2. The van der Waals surface area contributed by atoms with Crippen LogP contribution in [0.1, 0.15) is 5.82 Å². The maximum Gasteiger partial charge on any atom is 0.357 e. The normalized spacial score (nSPS) is 12.8. The van der Waals surface area contributed by atoms with Gasteiger partial charge in [0.15, 0.2) is 5.82 Å². The summed E-state index contributed by atoms with van der Waals surface area (Å²) in [7, 11) is 0. The first kappa shape index (κ1) is 12.4. The van der Waals surface area contributed by atoms with Gasteiger partial charge in [-0.05, 0) is 20.9 Å². The molecule has 0 radical (unpaired) electrons. The second-order valence-corrected chi connectivity index (χ2v) is 4.01. The van der Waals surface area contributed by atoms with Crippen LogP contribution in [0.5, 0.6) is 0 Å². The molecular weight excluding hydrogens is 289 g/mol. The van der Waals surface area contributed by atoms with E-state index in [0.29, 0.717) is 5.82 Å². The first-order valence-corrected chi connectivity index (χ1v) is 5.41. The van der Waals surface area contributed by atoms with Crippen molar-refractivity contribution in [2.24, 2.45) is 0 Å². The van der Waals surface area contributed by atoms with Crippen LogP contribution in [0.2, 0.25) is 0 Å². The van der Waals surface area contributed by atoms with E-state index in [9.17, 15) is 15.2 Å². The number of nitrogens with zero attached hydrogens (tertiary/aromatic N) is 3. The summed E-state index contributed by atoms with van der Waals surface area (Å²) in [5.41, 5.74) is 0. The van der Waals surface area contributed by atoms with Crippen LogP contribution in [0.25, 0.3) is 0 Å². The van der Waals surface area contributed by atoms with Crippen LogP contribution in [0, 0.1) is 17.0 Å². The smallest absolute Gasteiger partial charge is 0.357 e. The summed E-state index contributed by atoms with van der Waals surface area (Å²) in [6, 6.07) is 0. The van der Waals surface area contributed by atoms with Crippen molar-refractivity contribution in [3.05, 3.63) is 20.5 Å². The third kappa shape index (κ3) is 2.67. The number of imidazole rings is 1. The van der Waals surface area contributed by atoms with Crippen LogP contribution in [0.15, 0.2) is 4.60 Å². The Balaban J connectivity index is 3.09. The van der Waals surface area contributed by atoms with Crippen molar-refractivity contribution in [3.8, 4) is 0 Å². The lowest BCUT2D eigenvalue weighted by Crippen LogP contribution is -2.19. The fourth-order valence-corrected chi connectivity index (χ4v) is 1.88. The molecular formula is C7H9BrClN3O3. The monoisotopic (exact) mass is 297 g/mol. The molecule has 15 heavy (non-hydrogen) atoms. The molecule has 0 bridgehead atoms. The van der Waals surface area contributed by atoms with Gasteiger partial charge in [-0.1, -0.05) is 0 Å². The summed E-state index contributed by atoms with van der Waals surface area (Å²) in [6.45, 7) is 1.68. The van der Waals surface area contributed by atoms with Crippen molar-refractivity contribution in [1.29, 1.82) is 0 Å². The van der Waals surface area contributed by atoms with E-state index in [-0.39, 0.29) is 22.8 Å². The van der Waals surface area contributed by atoms with Gasteiger partial charge in [0.2, 0.25) is 4.60 Å². The molecule has 6 nitrogen and oxygen atoms in total. The van der Waals surface area contributed by atoms with Crippen molar-refractivity contribution < 1.29 is 10.0 Å². The first-order chi connectivity index (χ1) is 6.97. The van der Waals surface area contributed by atoms with Gasteiger partial charge in [0.05, 0.1) is 5.88 Å². The minimum Gasteiger partial charge on any atom is -0.388 e. The van der Waals surface area contributed by atoms with Crippen molar-refractivity contribution in [1.82, 2.24) is 9.55 Å². The van der Waals surface area contributed by atoms with Crippen LogP contribution >= 0.6 is 27.5 Å². The minimum atomic E-state index is -0.829. The van der Waals surface area contributed by atoms with Gasteiger partial charge in [-0.2, -0.15) is 4.98 Å². The lowest BCUT2D eigenvalue weighted by atomic mass is 10.4. The second-order valence-electron chi connectivity index (χ2n) is 2.95. The van der Waals surface area contributed by atoms with E-state index >= 15 is 0 Å². The topological polar surface area (TPSA) is 81.2 Å². The van der Waals surface area contributed by atoms with Gasteiger partial charge in [0.1, 0.15) is 12.6 Å². The fourth-order valence-electron chi connectivity index (χ4n) is 1.17. The molecule has 84 valence electrons. The molecule has 0 aliphatic rings. The Kier molecular flexibility index (Phi) is 4.06. The zero-order chi connectivity index (χ0) is 11.6. The molecule has 0 saturated heterocycles. The quantitative estimate of drug-likeness (QED) is 0.518. The predicted octanol–water partition coefficient (Wildman–Crippen LogP) is 1.46. The third-order valence-electron chi connectivity index (χ3n) is 1.84. The molecule has 0 aliphatic heterocycles. The maximum atomic E-state index is 10.7. The first-order valence-electron chi connectivity index (χ1n) is 4.08. The Bertz CT molecular complexity index is 382. The Hall–Kier alpha value is -0.660. The summed E-state index contributed by atoms with van der Waals surface area (Å²) in [6.07, 6.45) is -0.829. The summed E-state index contributed by atoms with van der Waals surface area (Å²) < 4.78 is 1.48. The number of aliphatic hydroxyl groups excluding tert-OH is 1. The highest BCUT2D eigenvalue weighted by Crippen LogP contribution is 2.25. The molecule has 0 fully saturated rings. The van der Waals surface area contributed by atoms with Gasteiger partial charge in [0.25, 0.3) is 0 Å².